The molecule has 0 saturated carbocycles. The van der Waals surface area contributed by atoms with Crippen LogP contribution in [0.2, 0.25) is 0 Å². The first-order valence-electron chi connectivity index (χ1n) is 5.84. The minimum absolute atomic E-state index is 0.0318. The molecule has 0 radical (unpaired) electrons. The second kappa shape index (κ2) is 7.35. The van der Waals surface area contributed by atoms with Crippen LogP contribution in [0.25, 0.3) is 0 Å². The summed E-state index contributed by atoms with van der Waals surface area (Å²) in [6.45, 7) is 4.65. The normalized spacial score (nSPS) is 14.1. The Hall–Kier alpha value is -1.00. The van der Waals surface area contributed by atoms with Crippen molar-refractivity contribution in [2.45, 2.75) is 25.1 Å². The zero-order valence-corrected chi connectivity index (χ0v) is 11.2. The Morgan fingerprint density at radius 2 is 2.06 bits per heavy atom. The lowest BCUT2D eigenvalue weighted by Crippen LogP contribution is -2.27. The summed E-state index contributed by atoms with van der Waals surface area (Å²) in [6.07, 6.45) is 0. The molecule has 3 N–H and O–H groups in total. The zero-order chi connectivity index (χ0) is 12.7. The molecule has 0 bridgehead atoms. The number of nitrogens with two attached hydrogens (primary N) is 1. The fraction of sp³-hybridized carbons (Fsp3) is 0.462. The van der Waals surface area contributed by atoms with E-state index in [4.69, 9.17) is 5.73 Å². The maximum Gasteiger partial charge on any atom is 0.229 e. The average Bonchev–Trinajstić information content (AvgIpc) is 2.36. The van der Waals surface area contributed by atoms with Gasteiger partial charge in [0, 0.05) is 17.8 Å². The minimum Gasteiger partial charge on any atom is -0.356 e. The number of rotatable bonds is 6. The molecule has 1 rings (SSSR count). The summed E-state index contributed by atoms with van der Waals surface area (Å²) < 4.78 is 0. The molecule has 0 aromatic heterocycles. The van der Waals surface area contributed by atoms with E-state index >= 15 is 0 Å². The van der Waals surface area contributed by atoms with Crippen molar-refractivity contribution in [3.63, 3.8) is 0 Å². The SMILES string of the molecule is CCNC(=O)CSC(C)C(N)c1ccccc1. The van der Waals surface area contributed by atoms with Crippen LogP contribution < -0.4 is 11.1 Å². The molecular formula is C13H20N2OS. The van der Waals surface area contributed by atoms with Crippen LogP contribution in [0.5, 0.6) is 0 Å². The van der Waals surface area contributed by atoms with Crippen LogP contribution in [-0.2, 0) is 4.79 Å². The molecule has 94 valence electrons. The van der Waals surface area contributed by atoms with Gasteiger partial charge in [-0.15, -0.1) is 11.8 Å². The van der Waals surface area contributed by atoms with Crippen molar-refractivity contribution in [2.24, 2.45) is 5.73 Å². The predicted molar refractivity (Wildman–Crippen MR) is 74.0 cm³/mol. The molecule has 0 aliphatic rings. The number of amides is 1. The highest BCUT2D eigenvalue weighted by molar-refractivity contribution is 8.00. The fourth-order valence-corrected chi connectivity index (χ4v) is 2.39. The maximum absolute atomic E-state index is 11.3. The van der Waals surface area contributed by atoms with Gasteiger partial charge in [-0.05, 0) is 12.5 Å². The minimum atomic E-state index is -0.0318. The van der Waals surface area contributed by atoms with E-state index in [0.29, 0.717) is 12.3 Å². The molecule has 1 aromatic rings. The first-order valence-corrected chi connectivity index (χ1v) is 6.88. The molecule has 0 saturated heterocycles. The number of benzene rings is 1. The number of hydrogen-bond acceptors (Lipinski definition) is 3. The molecular weight excluding hydrogens is 232 g/mol. The molecule has 0 aliphatic heterocycles. The van der Waals surface area contributed by atoms with E-state index in [0.717, 1.165) is 5.56 Å². The van der Waals surface area contributed by atoms with Gasteiger partial charge < -0.3 is 11.1 Å². The monoisotopic (exact) mass is 252 g/mol. The summed E-state index contributed by atoms with van der Waals surface area (Å²) >= 11 is 1.59. The van der Waals surface area contributed by atoms with Crippen molar-refractivity contribution in [3.05, 3.63) is 35.9 Å². The highest BCUT2D eigenvalue weighted by Crippen LogP contribution is 2.23. The second-order valence-electron chi connectivity index (χ2n) is 3.91. The van der Waals surface area contributed by atoms with E-state index in [1.807, 2.05) is 37.3 Å². The molecule has 0 heterocycles. The van der Waals surface area contributed by atoms with E-state index in [1.165, 1.54) is 0 Å². The number of hydrogen-bond donors (Lipinski definition) is 2. The lowest BCUT2D eigenvalue weighted by Gasteiger charge is -2.19. The van der Waals surface area contributed by atoms with E-state index in [1.54, 1.807) is 11.8 Å². The predicted octanol–water partition coefficient (Wildman–Crippen LogP) is 1.94. The maximum atomic E-state index is 11.3. The molecule has 0 aliphatic carbocycles. The summed E-state index contributed by atoms with van der Waals surface area (Å²) in [5.74, 6) is 0.542. The smallest absolute Gasteiger partial charge is 0.229 e. The van der Waals surface area contributed by atoms with Gasteiger partial charge in [-0.2, -0.15) is 0 Å². The molecule has 3 nitrogen and oxygen atoms in total. The van der Waals surface area contributed by atoms with Gasteiger partial charge in [0.1, 0.15) is 0 Å². The Labute approximate surface area is 107 Å². The van der Waals surface area contributed by atoms with Gasteiger partial charge in [0.25, 0.3) is 0 Å². The standard InChI is InChI=1S/C13H20N2OS/c1-3-15-12(16)9-17-10(2)13(14)11-7-5-4-6-8-11/h4-8,10,13H,3,9,14H2,1-2H3,(H,15,16). The van der Waals surface area contributed by atoms with Gasteiger partial charge >= 0.3 is 0 Å². The highest BCUT2D eigenvalue weighted by Gasteiger charge is 2.16. The second-order valence-corrected chi connectivity index (χ2v) is 5.27. The van der Waals surface area contributed by atoms with E-state index < -0.39 is 0 Å². The third kappa shape index (κ3) is 4.79. The third-order valence-corrected chi connectivity index (χ3v) is 3.79. The largest absolute Gasteiger partial charge is 0.356 e. The Bertz CT molecular complexity index is 343. The zero-order valence-electron chi connectivity index (χ0n) is 10.3. The average molecular weight is 252 g/mol. The van der Waals surface area contributed by atoms with Crippen LogP contribution in [0.3, 0.4) is 0 Å². The van der Waals surface area contributed by atoms with E-state index in [9.17, 15) is 4.79 Å². The molecule has 1 aromatic carbocycles. The van der Waals surface area contributed by atoms with Crippen molar-refractivity contribution >= 4 is 17.7 Å². The van der Waals surface area contributed by atoms with Crippen molar-refractivity contribution in [2.75, 3.05) is 12.3 Å². The van der Waals surface area contributed by atoms with Crippen LogP contribution in [0.15, 0.2) is 30.3 Å². The van der Waals surface area contributed by atoms with Crippen molar-refractivity contribution in [1.82, 2.24) is 5.32 Å². The quantitative estimate of drug-likeness (QED) is 0.813. The van der Waals surface area contributed by atoms with Crippen molar-refractivity contribution in [3.8, 4) is 0 Å². The van der Waals surface area contributed by atoms with E-state index in [2.05, 4.69) is 12.2 Å². The molecule has 0 spiro atoms. The molecule has 1 amide bonds. The van der Waals surface area contributed by atoms with Gasteiger partial charge in [-0.3, -0.25) is 4.79 Å². The fourth-order valence-electron chi connectivity index (χ4n) is 1.51. The lowest BCUT2D eigenvalue weighted by molar-refractivity contribution is -0.118. The Balaban J connectivity index is 2.42. The highest BCUT2D eigenvalue weighted by atomic mass is 32.2. The van der Waals surface area contributed by atoms with Crippen LogP contribution in [0, 0.1) is 0 Å². The summed E-state index contributed by atoms with van der Waals surface area (Å²) in [7, 11) is 0. The molecule has 2 unspecified atom stereocenters. The topological polar surface area (TPSA) is 55.1 Å². The van der Waals surface area contributed by atoms with Gasteiger partial charge in [0.05, 0.1) is 5.75 Å². The van der Waals surface area contributed by atoms with Crippen molar-refractivity contribution < 1.29 is 4.79 Å². The van der Waals surface area contributed by atoms with Gasteiger partial charge in [-0.1, -0.05) is 37.3 Å². The van der Waals surface area contributed by atoms with Crippen LogP contribution >= 0.6 is 11.8 Å². The molecule has 0 fully saturated rings. The van der Waals surface area contributed by atoms with E-state index in [-0.39, 0.29) is 17.2 Å². The Morgan fingerprint density at radius 3 is 2.65 bits per heavy atom. The van der Waals surface area contributed by atoms with Crippen LogP contribution in [0.1, 0.15) is 25.5 Å². The third-order valence-electron chi connectivity index (χ3n) is 2.54. The van der Waals surface area contributed by atoms with Crippen LogP contribution in [0.4, 0.5) is 0 Å². The summed E-state index contributed by atoms with van der Waals surface area (Å²) in [4.78, 5) is 11.3. The van der Waals surface area contributed by atoms with Crippen LogP contribution in [-0.4, -0.2) is 23.5 Å². The molecule has 17 heavy (non-hydrogen) atoms. The lowest BCUT2D eigenvalue weighted by atomic mass is 10.1. The van der Waals surface area contributed by atoms with Gasteiger partial charge in [0.2, 0.25) is 5.91 Å². The Morgan fingerprint density at radius 1 is 1.41 bits per heavy atom. The summed E-state index contributed by atoms with van der Waals surface area (Å²) in [5, 5.41) is 3.00. The van der Waals surface area contributed by atoms with Gasteiger partial charge in [-0.25, -0.2) is 0 Å². The molecule has 2 atom stereocenters. The van der Waals surface area contributed by atoms with Crippen molar-refractivity contribution in [1.29, 1.82) is 0 Å². The summed E-state index contributed by atoms with van der Waals surface area (Å²) in [5.41, 5.74) is 7.26. The first kappa shape index (κ1) is 14.1. The number of carbonyl (C=O) groups excluding carboxylic acids is 1. The Kier molecular flexibility index (Phi) is 6.08. The number of carbonyl (C=O) groups is 1. The van der Waals surface area contributed by atoms with Gasteiger partial charge in [0.15, 0.2) is 0 Å². The summed E-state index contributed by atoms with van der Waals surface area (Å²) in [6, 6.07) is 9.95. The number of nitrogens with one attached hydrogen (secondary N) is 1. The first-order chi connectivity index (χ1) is 8.15. The molecule has 4 heteroatoms. The number of thioether (sulfide) groups is 1.